The summed E-state index contributed by atoms with van der Waals surface area (Å²) in [6, 6.07) is 14.4. The second-order valence-electron chi connectivity index (χ2n) is 6.21. The zero-order valence-electron chi connectivity index (χ0n) is 14.0. The van der Waals surface area contributed by atoms with Crippen molar-refractivity contribution in [3.05, 3.63) is 58.6 Å². The van der Waals surface area contributed by atoms with Gasteiger partial charge in [-0.15, -0.1) is 11.3 Å². The summed E-state index contributed by atoms with van der Waals surface area (Å²) >= 11 is 7.55. The minimum atomic E-state index is -3.46. The van der Waals surface area contributed by atoms with Crippen LogP contribution in [0.2, 0.25) is 5.02 Å². The number of thiazole rings is 1. The number of halogens is 1. The summed E-state index contributed by atoms with van der Waals surface area (Å²) in [5.41, 5.74) is 1.02. The molecule has 0 aliphatic carbocycles. The van der Waals surface area contributed by atoms with Crippen LogP contribution >= 0.6 is 22.9 Å². The first-order valence-corrected chi connectivity index (χ1v) is 11.0. The molecule has 2 aromatic carbocycles. The Bertz CT molecular complexity index is 977. The molecule has 0 bridgehead atoms. The lowest BCUT2D eigenvalue weighted by Crippen LogP contribution is -2.48. The standard InChI is InChI=1S/C18H18ClN3O2S2/c19-14-5-7-15(8-6-14)26(23,24)22-11-9-21(10-12-22)13-18-20-16-3-1-2-4-17(16)25-18/h1-8H,9-13H2. The molecule has 2 heterocycles. The normalized spacial score (nSPS) is 17.0. The van der Waals surface area contributed by atoms with Crippen molar-refractivity contribution in [2.45, 2.75) is 11.4 Å². The zero-order valence-corrected chi connectivity index (χ0v) is 16.4. The lowest BCUT2D eigenvalue weighted by atomic mass is 10.3. The van der Waals surface area contributed by atoms with Crippen LogP contribution in [0, 0.1) is 0 Å². The largest absolute Gasteiger partial charge is 0.294 e. The first-order valence-electron chi connectivity index (χ1n) is 8.35. The number of para-hydroxylation sites is 1. The Kier molecular flexibility index (Phi) is 4.98. The summed E-state index contributed by atoms with van der Waals surface area (Å²) in [4.78, 5) is 7.21. The van der Waals surface area contributed by atoms with E-state index in [0.717, 1.165) is 17.1 Å². The Balaban J connectivity index is 1.41. The van der Waals surface area contributed by atoms with Gasteiger partial charge < -0.3 is 0 Å². The van der Waals surface area contributed by atoms with Crippen LogP contribution in [-0.2, 0) is 16.6 Å². The van der Waals surface area contributed by atoms with Crippen molar-refractivity contribution in [2.75, 3.05) is 26.2 Å². The van der Waals surface area contributed by atoms with Crippen molar-refractivity contribution in [2.24, 2.45) is 0 Å². The summed E-state index contributed by atoms with van der Waals surface area (Å²) in [6.45, 7) is 3.12. The fourth-order valence-corrected chi connectivity index (χ4v) is 5.62. The van der Waals surface area contributed by atoms with Crippen molar-refractivity contribution < 1.29 is 8.42 Å². The van der Waals surface area contributed by atoms with Crippen LogP contribution < -0.4 is 0 Å². The molecule has 0 atom stereocenters. The molecule has 0 unspecified atom stereocenters. The van der Waals surface area contributed by atoms with Crippen LogP contribution in [0.3, 0.4) is 0 Å². The van der Waals surface area contributed by atoms with Crippen molar-refractivity contribution in [3.8, 4) is 0 Å². The number of sulfonamides is 1. The quantitative estimate of drug-likeness (QED) is 0.664. The Morgan fingerprint density at radius 2 is 1.69 bits per heavy atom. The highest BCUT2D eigenvalue weighted by Gasteiger charge is 2.28. The summed E-state index contributed by atoms with van der Waals surface area (Å²) in [6.07, 6.45) is 0. The maximum atomic E-state index is 12.7. The molecule has 0 spiro atoms. The molecule has 1 aromatic heterocycles. The fourth-order valence-electron chi connectivity index (χ4n) is 3.06. The molecule has 26 heavy (non-hydrogen) atoms. The number of benzene rings is 2. The van der Waals surface area contributed by atoms with Gasteiger partial charge in [-0.1, -0.05) is 23.7 Å². The smallest absolute Gasteiger partial charge is 0.243 e. The monoisotopic (exact) mass is 407 g/mol. The number of hydrogen-bond donors (Lipinski definition) is 0. The van der Waals surface area contributed by atoms with Crippen LogP contribution in [0.25, 0.3) is 10.2 Å². The molecule has 0 radical (unpaired) electrons. The Hall–Kier alpha value is -1.51. The van der Waals surface area contributed by atoms with E-state index in [2.05, 4.69) is 16.0 Å². The molecule has 0 N–H and O–H groups in total. The fraction of sp³-hybridized carbons (Fsp3) is 0.278. The molecule has 3 aromatic rings. The summed E-state index contributed by atoms with van der Waals surface area (Å²) < 4.78 is 28.2. The lowest BCUT2D eigenvalue weighted by molar-refractivity contribution is 0.181. The number of piperazine rings is 1. The molecular formula is C18H18ClN3O2S2. The highest BCUT2D eigenvalue weighted by molar-refractivity contribution is 7.89. The van der Waals surface area contributed by atoms with Gasteiger partial charge in [0.15, 0.2) is 0 Å². The SMILES string of the molecule is O=S(=O)(c1ccc(Cl)cc1)N1CCN(Cc2nc3ccccc3s2)CC1. The molecule has 1 saturated heterocycles. The number of nitrogens with zero attached hydrogens (tertiary/aromatic N) is 3. The number of fused-ring (bicyclic) bond motifs is 1. The third-order valence-corrected chi connectivity index (χ3v) is 7.67. The molecule has 5 nitrogen and oxygen atoms in total. The molecule has 8 heteroatoms. The summed E-state index contributed by atoms with van der Waals surface area (Å²) in [5.74, 6) is 0. The van der Waals surface area contributed by atoms with E-state index in [1.165, 1.54) is 4.70 Å². The Labute approximate surface area is 161 Å². The molecule has 1 fully saturated rings. The lowest BCUT2D eigenvalue weighted by Gasteiger charge is -2.33. The van der Waals surface area contributed by atoms with E-state index in [1.54, 1.807) is 39.9 Å². The predicted octanol–water partition coefficient (Wildman–Crippen LogP) is 3.46. The number of aromatic nitrogens is 1. The molecule has 4 rings (SSSR count). The minimum absolute atomic E-state index is 0.293. The van der Waals surface area contributed by atoms with Crippen molar-refractivity contribution in [1.29, 1.82) is 0 Å². The minimum Gasteiger partial charge on any atom is -0.294 e. The number of hydrogen-bond acceptors (Lipinski definition) is 5. The first-order chi connectivity index (χ1) is 12.5. The molecule has 0 saturated carbocycles. The second kappa shape index (κ2) is 7.25. The Morgan fingerprint density at radius 3 is 2.38 bits per heavy atom. The van der Waals surface area contributed by atoms with Crippen LogP contribution in [0.4, 0.5) is 0 Å². The van der Waals surface area contributed by atoms with E-state index in [0.29, 0.717) is 36.1 Å². The van der Waals surface area contributed by atoms with E-state index in [4.69, 9.17) is 11.6 Å². The molecule has 1 aliphatic heterocycles. The Morgan fingerprint density at radius 1 is 1.00 bits per heavy atom. The maximum Gasteiger partial charge on any atom is 0.243 e. The van der Waals surface area contributed by atoms with Crippen molar-refractivity contribution in [3.63, 3.8) is 0 Å². The van der Waals surface area contributed by atoms with Gasteiger partial charge in [0.25, 0.3) is 0 Å². The van der Waals surface area contributed by atoms with Gasteiger partial charge in [-0.05, 0) is 36.4 Å². The van der Waals surface area contributed by atoms with Gasteiger partial charge in [-0.2, -0.15) is 4.31 Å². The predicted molar refractivity (Wildman–Crippen MR) is 105 cm³/mol. The first kappa shape index (κ1) is 17.9. The van der Waals surface area contributed by atoms with Crippen LogP contribution in [0.15, 0.2) is 53.4 Å². The number of rotatable bonds is 4. The van der Waals surface area contributed by atoms with Gasteiger partial charge >= 0.3 is 0 Å². The van der Waals surface area contributed by atoms with Gasteiger partial charge in [0.2, 0.25) is 10.0 Å². The summed E-state index contributed by atoms with van der Waals surface area (Å²) in [5, 5.41) is 1.60. The van der Waals surface area contributed by atoms with Crippen LogP contribution in [0.5, 0.6) is 0 Å². The van der Waals surface area contributed by atoms with E-state index in [1.807, 2.05) is 18.2 Å². The van der Waals surface area contributed by atoms with Gasteiger partial charge in [0.1, 0.15) is 5.01 Å². The second-order valence-corrected chi connectivity index (χ2v) is 9.70. The van der Waals surface area contributed by atoms with Crippen LogP contribution in [-0.4, -0.2) is 48.8 Å². The molecule has 1 aliphatic rings. The van der Waals surface area contributed by atoms with E-state index < -0.39 is 10.0 Å². The highest BCUT2D eigenvalue weighted by atomic mass is 35.5. The van der Waals surface area contributed by atoms with E-state index >= 15 is 0 Å². The van der Waals surface area contributed by atoms with Gasteiger partial charge in [0.05, 0.1) is 21.7 Å². The van der Waals surface area contributed by atoms with Gasteiger partial charge in [0, 0.05) is 31.2 Å². The third kappa shape index (κ3) is 3.63. The van der Waals surface area contributed by atoms with E-state index in [-0.39, 0.29) is 0 Å². The van der Waals surface area contributed by atoms with Crippen molar-refractivity contribution >= 4 is 43.2 Å². The highest BCUT2D eigenvalue weighted by Crippen LogP contribution is 2.24. The molecule has 136 valence electrons. The molecular weight excluding hydrogens is 390 g/mol. The van der Waals surface area contributed by atoms with Gasteiger partial charge in [-0.3, -0.25) is 4.90 Å². The average molecular weight is 408 g/mol. The third-order valence-electron chi connectivity index (χ3n) is 4.48. The van der Waals surface area contributed by atoms with E-state index in [9.17, 15) is 8.42 Å². The topological polar surface area (TPSA) is 53.5 Å². The zero-order chi connectivity index (χ0) is 18.1. The van der Waals surface area contributed by atoms with Crippen LogP contribution in [0.1, 0.15) is 5.01 Å². The van der Waals surface area contributed by atoms with Crippen molar-refractivity contribution in [1.82, 2.24) is 14.2 Å². The summed E-state index contributed by atoms with van der Waals surface area (Å²) in [7, 11) is -3.46. The maximum absolute atomic E-state index is 12.7. The average Bonchev–Trinajstić information content (AvgIpc) is 3.05. The van der Waals surface area contributed by atoms with Gasteiger partial charge in [-0.25, -0.2) is 13.4 Å². The molecule has 0 amide bonds.